The Morgan fingerprint density at radius 1 is 1.03 bits per heavy atom. The molecule has 0 unspecified atom stereocenters. The summed E-state index contributed by atoms with van der Waals surface area (Å²) in [5.74, 6) is -0.893. The minimum atomic E-state index is -3.54. The molecule has 0 spiro atoms. The molecular formula is C21H22N2O5S. The van der Waals surface area contributed by atoms with Gasteiger partial charge in [0.1, 0.15) is 5.75 Å². The Labute approximate surface area is 169 Å². The zero-order valence-electron chi connectivity index (χ0n) is 16.0. The zero-order chi connectivity index (χ0) is 21.0. The number of primary amides is 1. The first kappa shape index (κ1) is 20.8. The van der Waals surface area contributed by atoms with Gasteiger partial charge in [0.15, 0.2) is 0 Å². The summed E-state index contributed by atoms with van der Waals surface area (Å²) in [7, 11) is -3.54. The third-order valence-electron chi connectivity index (χ3n) is 4.59. The number of esters is 1. The Kier molecular flexibility index (Phi) is 6.14. The second kappa shape index (κ2) is 8.59. The second-order valence-corrected chi connectivity index (χ2v) is 8.62. The number of carbonyl (C=O) groups excluding carboxylic acids is 2. The number of nitrogens with two attached hydrogens (primary N) is 1. The van der Waals surface area contributed by atoms with Crippen LogP contribution in [-0.2, 0) is 19.6 Å². The molecule has 3 rings (SSSR count). The summed E-state index contributed by atoms with van der Waals surface area (Å²) < 4.78 is 32.1. The van der Waals surface area contributed by atoms with E-state index in [0.29, 0.717) is 29.8 Å². The Balaban J connectivity index is 2.02. The molecule has 29 heavy (non-hydrogen) atoms. The summed E-state index contributed by atoms with van der Waals surface area (Å²) in [6.45, 7) is 2.33. The number of nitrogens with zero attached hydrogens (tertiary/aromatic N) is 1. The number of para-hydroxylation sites is 1. The van der Waals surface area contributed by atoms with Crippen LogP contribution in [0.4, 0.5) is 0 Å². The van der Waals surface area contributed by atoms with Crippen LogP contribution in [-0.4, -0.2) is 37.7 Å². The predicted molar refractivity (Wildman–Crippen MR) is 108 cm³/mol. The van der Waals surface area contributed by atoms with Crippen molar-refractivity contribution in [2.75, 3.05) is 13.1 Å². The number of carbonyl (C=O) groups is 2. The van der Waals surface area contributed by atoms with Gasteiger partial charge in [-0.05, 0) is 42.2 Å². The van der Waals surface area contributed by atoms with Crippen molar-refractivity contribution in [1.29, 1.82) is 0 Å². The molecule has 2 aromatic carbocycles. The molecule has 0 bridgehead atoms. The predicted octanol–water partition coefficient (Wildman–Crippen LogP) is 2.31. The van der Waals surface area contributed by atoms with E-state index in [4.69, 9.17) is 10.5 Å². The van der Waals surface area contributed by atoms with Gasteiger partial charge in [-0.2, -0.15) is 4.31 Å². The Morgan fingerprint density at radius 2 is 1.66 bits per heavy atom. The monoisotopic (exact) mass is 414 g/mol. The molecule has 0 radical (unpaired) electrons. The molecule has 8 heteroatoms. The van der Waals surface area contributed by atoms with Crippen LogP contribution in [0.1, 0.15) is 30.9 Å². The molecule has 0 aromatic heterocycles. The summed E-state index contributed by atoms with van der Waals surface area (Å²) in [4.78, 5) is 23.2. The Hall–Kier alpha value is -2.97. The minimum Gasteiger partial charge on any atom is -0.426 e. The van der Waals surface area contributed by atoms with Crippen LogP contribution in [0.2, 0.25) is 0 Å². The maximum atomic E-state index is 12.7. The molecule has 2 aromatic rings. The lowest BCUT2D eigenvalue weighted by Gasteiger charge is -2.16. The van der Waals surface area contributed by atoms with Gasteiger partial charge < -0.3 is 10.5 Å². The first-order chi connectivity index (χ1) is 13.8. The average molecular weight is 414 g/mol. The van der Waals surface area contributed by atoms with Gasteiger partial charge in [-0.15, -0.1) is 0 Å². The zero-order valence-corrected chi connectivity index (χ0v) is 16.8. The summed E-state index contributed by atoms with van der Waals surface area (Å²) in [5, 5.41) is 0. The first-order valence-corrected chi connectivity index (χ1v) is 10.6. The summed E-state index contributed by atoms with van der Waals surface area (Å²) in [6.07, 6.45) is 2.94. The first-order valence-electron chi connectivity index (χ1n) is 9.18. The van der Waals surface area contributed by atoms with Crippen LogP contribution in [0.15, 0.2) is 59.5 Å². The Morgan fingerprint density at radius 3 is 2.24 bits per heavy atom. The highest BCUT2D eigenvalue weighted by Gasteiger charge is 2.27. The van der Waals surface area contributed by atoms with Crippen molar-refractivity contribution in [1.82, 2.24) is 4.31 Å². The summed E-state index contributed by atoms with van der Waals surface area (Å²) in [6, 6.07) is 13.0. The molecule has 1 amide bonds. The number of hydrogen-bond donors (Lipinski definition) is 1. The lowest BCUT2D eigenvalue weighted by Crippen LogP contribution is -2.27. The molecule has 1 aliphatic heterocycles. The molecule has 7 nitrogen and oxygen atoms in total. The second-order valence-electron chi connectivity index (χ2n) is 6.69. The maximum Gasteiger partial charge on any atom is 0.308 e. The molecule has 1 saturated heterocycles. The normalized spacial score (nSPS) is 15.3. The van der Waals surface area contributed by atoms with Crippen LogP contribution in [0, 0.1) is 0 Å². The van der Waals surface area contributed by atoms with Crippen molar-refractivity contribution in [3.8, 4) is 5.75 Å². The standard InChI is InChI=1S/C21H22N2O5S/c1-15(24)28-20-7-3-2-6-18(20)19(14-21(22)25)16-8-10-17(11-9-16)29(26,27)23-12-4-5-13-23/h2-3,6-11,14H,4-5,12-13H2,1H3,(H2,22,25). The van der Waals surface area contributed by atoms with Gasteiger partial charge in [-0.3, -0.25) is 9.59 Å². The van der Waals surface area contributed by atoms with Crippen molar-refractivity contribution in [2.45, 2.75) is 24.7 Å². The summed E-state index contributed by atoms with van der Waals surface area (Å²) in [5.41, 5.74) is 6.88. The quantitative estimate of drug-likeness (QED) is 0.443. The Bertz CT molecular complexity index is 1050. The number of benzene rings is 2. The van der Waals surface area contributed by atoms with Crippen molar-refractivity contribution in [2.24, 2.45) is 5.73 Å². The highest BCUT2D eigenvalue weighted by atomic mass is 32.2. The van der Waals surface area contributed by atoms with E-state index < -0.39 is 21.9 Å². The van der Waals surface area contributed by atoms with Crippen LogP contribution in [0.3, 0.4) is 0 Å². The topological polar surface area (TPSA) is 107 Å². The third kappa shape index (κ3) is 4.72. The highest BCUT2D eigenvalue weighted by molar-refractivity contribution is 7.89. The number of hydrogen-bond acceptors (Lipinski definition) is 5. The highest BCUT2D eigenvalue weighted by Crippen LogP contribution is 2.32. The molecule has 2 N–H and O–H groups in total. The van der Waals surface area contributed by atoms with Gasteiger partial charge in [-0.1, -0.05) is 30.3 Å². The molecule has 152 valence electrons. The van der Waals surface area contributed by atoms with E-state index in [1.165, 1.54) is 29.4 Å². The van der Waals surface area contributed by atoms with Crippen LogP contribution >= 0.6 is 0 Å². The molecule has 1 fully saturated rings. The maximum absolute atomic E-state index is 12.7. The fourth-order valence-corrected chi connectivity index (χ4v) is 4.79. The smallest absolute Gasteiger partial charge is 0.308 e. The van der Waals surface area contributed by atoms with Gasteiger partial charge in [0.2, 0.25) is 15.9 Å². The number of rotatable bonds is 6. The van der Waals surface area contributed by atoms with E-state index in [2.05, 4.69) is 0 Å². The van der Waals surface area contributed by atoms with Gasteiger partial charge in [0, 0.05) is 31.7 Å². The molecule has 1 aliphatic rings. The molecule has 0 aliphatic carbocycles. The van der Waals surface area contributed by atoms with Crippen LogP contribution in [0.25, 0.3) is 5.57 Å². The van der Waals surface area contributed by atoms with E-state index in [0.717, 1.165) is 12.8 Å². The number of sulfonamides is 1. The largest absolute Gasteiger partial charge is 0.426 e. The van der Waals surface area contributed by atoms with E-state index in [9.17, 15) is 18.0 Å². The fraction of sp³-hybridized carbons (Fsp3) is 0.238. The van der Waals surface area contributed by atoms with Crippen molar-refractivity contribution in [3.63, 3.8) is 0 Å². The van der Waals surface area contributed by atoms with Gasteiger partial charge in [0.25, 0.3) is 0 Å². The molecule has 0 atom stereocenters. The number of ether oxygens (including phenoxy) is 1. The lowest BCUT2D eigenvalue weighted by atomic mass is 9.96. The molecular weight excluding hydrogens is 392 g/mol. The van der Waals surface area contributed by atoms with E-state index in [-0.39, 0.29) is 10.6 Å². The van der Waals surface area contributed by atoms with Crippen molar-refractivity contribution < 1.29 is 22.7 Å². The van der Waals surface area contributed by atoms with E-state index in [1.54, 1.807) is 36.4 Å². The minimum absolute atomic E-state index is 0.190. The van der Waals surface area contributed by atoms with Crippen molar-refractivity contribution >= 4 is 27.5 Å². The van der Waals surface area contributed by atoms with Gasteiger partial charge in [0.05, 0.1) is 4.90 Å². The number of amides is 1. The molecule has 1 heterocycles. The SMILES string of the molecule is CC(=O)Oc1ccccc1C(=CC(N)=O)c1ccc(S(=O)(=O)N2CCCC2)cc1. The van der Waals surface area contributed by atoms with Crippen LogP contribution < -0.4 is 10.5 Å². The van der Waals surface area contributed by atoms with Crippen molar-refractivity contribution in [3.05, 3.63) is 65.7 Å². The van der Waals surface area contributed by atoms with E-state index >= 15 is 0 Å². The fourth-order valence-electron chi connectivity index (χ4n) is 3.28. The van der Waals surface area contributed by atoms with Gasteiger partial charge in [-0.25, -0.2) is 8.42 Å². The summed E-state index contributed by atoms with van der Waals surface area (Å²) >= 11 is 0. The average Bonchev–Trinajstić information content (AvgIpc) is 3.22. The van der Waals surface area contributed by atoms with E-state index in [1.807, 2.05) is 0 Å². The van der Waals surface area contributed by atoms with Crippen LogP contribution in [0.5, 0.6) is 5.75 Å². The lowest BCUT2D eigenvalue weighted by molar-refractivity contribution is -0.131. The third-order valence-corrected chi connectivity index (χ3v) is 6.50. The van der Waals surface area contributed by atoms with Gasteiger partial charge >= 0.3 is 5.97 Å². The molecule has 0 saturated carbocycles.